The molecule has 0 radical (unpaired) electrons. The molecule has 6 nitrogen and oxygen atoms in total. The summed E-state index contributed by atoms with van der Waals surface area (Å²) in [5, 5.41) is 10.7. The zero-order valence-corrected chi connectivity index (χ0v) is 16.0. The summed E-state index contributed by atoms with van der Waals surface area (Å²) < 4.78 is 10.7. The highest BCUT2D eigenvalue weighted by molar-refractivity contribution is 8.13. The molecule has 0 unspecified atom stereocenters. The van der Waals surface area contributed by atoms with Crippen molar-refractivity contribution in [3.8, 4) is 11.5 Å². The third-order valence-electron chi connectivity index (χ3n) is 3.97. The summed E-state index contributed by atoms with van der Waals surface area (Å²) >= 11 is 1.51. The van der Waals surface area contributed by atoms with E-state index >= 15 is 0 Å². The van der Waals surface area contributed by atoms with Crippen LogP contribution in [0.2, 0.25) is 0 Å². The standard InChI is InChI=1S/C18H24N2O4S/c1-6-23-14-10-12(8-9-13(14)21)16-15(17(22)24-7-2)11(3)20(4)18(19-16)25-5/h8-10,16,21H,6-7H2,1-5H3/t16-/m0/s1. The molecule has 0 aliphatic carbocycles. The van der Waals surface area contributed by atoms with Crippen molar-refractivity contribution in [2.24, 2.45) is 4.99 Å². The minimum absolute atomic E-state index is 0.0611. The van der Waals surface area contributed by atoms with E-state index in [-0.39, 0.29) is 11.7 Å². The zero-order chi connectivity index (χ0) is 18.6. The molecule has 1 aliphatic rings. The van der Waals surface area contributed by atoms with Gasteiger partial charge in [0.05, 0.1) is 18.8 Å². The summed E-state index contributed by atoms with van der Waals surface area (Å²) in [4.78, 5) is 19.2. The van der Waals surface area contributed by atoms with Gasteiger partial charge in [-0.25, -0.2) is 9.79 Å². The molecule has 0 bridgehead atoms. The monoisotopic (exact) mass is 364 g/mol. The van der Waals surface area contributed by atoms with Crippen molar-refractivity contribution < 1.29 is 19.4 Å². The van der Waals surface area contributed by atoms with Crippen LogP contribution in [0.3, 0.4) is 0 Å². The van der Waals surface area contributed by atoms with Gasteiger partial charge < -0.3 is 19.5 Å². The lowest BCUT2D eigenvalue weighted by atomic mass is 9.96. The third kappa shape index (κ3) is 3.92. The van der Waals surface area contributed by atoms with Crippen molar-refractivity contribution in [1.82, 2.24) is 4.90 Å². The number of allylic oxidation sites excluding steroid dienone is 1. The van der Waals surface area contributed by atoms with Gasteiger partial charge in [0.15, 0.2) is 16.7 Å². The van der Waals surface area contributed by atoms with Crippen LogP contribution < -0.4 is 4.74 Å². The SMILES string of the molecule is CCOC(=O)C1=C(C)N(C)C(SC)=N[C@H]1c1ccc(O)c(OCC)c1. The number of rotatable bonds is 5. The summed E-state index contributed by atoms with van der Waals surface area (Å²) in [6, 6.07) is 4.53. The van der Waals surface area contributed by atoms with Gasteiger partial charge >= 0.3 is 5.97 Å². The largest absolute Gasteiger partial charge is 0.504 e. The molecule has 1 aromatic rings. The van der Waals surface area contributed by atoms with Gasteiger partial charge in [0.25, 0.3) is 0 Å². The molecular weight excluding hydrogens is 340 g/mol. The van der Waals surface area contributed by atoms with Crippen LogP contribution in [0.15, 0.2) is 34.5 Å². The fraction of sp³-hybridized carbons (Fsp3) is 0.444. The number of aromatic hydroxyl groups is 1. The van der Waals surface area contributed by atoms with Gasteiger partial charge in [-0.05, 0) is 44.7 Å². The van der Waals surface area contributed by atoms with E-state index in [2.05, 4.69) is 0 Å². The number of hydrogen-bond donors (Lipinski definition) is 1. The third-order valence-corrected chi connectivity index (χ3v) is 4.71. The Morgan fingerprint density at radius 1 is 1.36 bits per heavy atom. The van der Waals surface area contributed by atoms with Crippen molar-refractivity contribution in [3.05, 3.63) is 35.0 Å². The highest BCUT2D eigenvalue weighted by Crippen LogP contribution is 2.38. The molecule has 1 aliphatic heterocycles. The van der Waals surface area contributed by atoms with E-state index in [1.54, 1.807) is 25.1 Å². The number of aliphatic imine (C=N–C) groups is 1. The first kappa shape index (κ1) is 19.2. The second-order valence-electron chi connectivity index (χ2n) is 5.46. The average molecular weight is 364 g/mol. The molecule has 1 aromatic carbocycles. The van der Waals surface area contributed by atoms with Gasteiger partial charge in [-0.1, -0.05) is 17.8 Å². The Hall–Kier alpha value is -2.15. The summed E-state index contributed by atoms with van der Waals surface area (Å²) in [5.41, 5.74) is 2.06. The average Bonchev–Trinajstić information content (AvgIpc) is 2.59. The number of benzene rings is 1. The molecular formula is C18H24N2O4S. The Bertz CT molecular complexity index is 715. The Morgan fingerprint density at radius 3 is 2.68 bits per heavy atom. The number of esters is 1. The first-order valence-electron chi connectivity index (χ1n) is 8.13. The Kier molecular flexibility index (Phi) is 6.36. The van der Waals surface area contributed by atoms with E-state index in [0.717, 1.165) is 16.4 Å². The van der Waals surface area contributed by atoms with Crippen LogP contribution in [-0.4, -0.2) is 47.7 Å². The lowest BCUT2D eigenvalue weighted by Crippen LogP contribution is -2.32. The van der Waals surface area contributed by atoms with Crippen molar-refractivity contribution in [2.75, 3.05) is 26.5 Å². The topological polar surface area (TPSA) is 71.4 Å². The highest BCUT2D eigenvalue weighted by Gasteiger charge is 2.33. The molecule has 0 aromatic heterocycles. The van der Waals surface area contributed by atoms with Gasteiger partial charge in [-0.15, -0.1) is 0 Å². The zero-order valence-electron chi connectivity index (χ0n) is 15.2. The Labute approximate surface area is 152 Å². The van der Waals surface area contributed by atoms with Crippen molar-refractivity contribution in [1.29, 1.82) is 0 Å². The predicted molar refractivity (Wildman–Crippen MR) is 100 cm³/mol. The van der Waals surface area contributed by atoms with E-state index < -0.39 is 6.04 Å². The molecule has 136 valence electrons. The van der Waals surface area contributed by atoms with Crippen LogP contribution in [0.1, 0.15) is 32.4 Å². The molecule has 1 atom stereocenters. The maximum Gasteiger partial charge on any atom is 0.338 e. The maximum atomic E-state index is 12.5. The van der Waals surface area contributed by atoms with Crippen molar-refractivity contribution >= 4 is 22.9 Å². The first-order chi connectivity index (χ1) is 11.9. The van der Waals surface area contributed by atoms with Gasteiger partial charge in [-0.3, -0.25) is 0 Å². The number of nitrogens with zero attached hydrogens (tertiary/aromatic N) is 2. The van der Waals surface area contributed by atoms with E-state index in [1.165, 1.54) is 11.8 Å². The fourth-order valence-electron chi connectivity index (χ4n) is 2.65. The number of carbonyl (C=O) groups excluding carboxylic acids is 1. The fourth-order valence-corrected chi connectivity index (χ4v) is 3.28. The molecule has 2 rings (SSSR count). The number of thioether (sulfide) groups is 1. The van der Waals surface area contributed by atoms with Gasteiger partial charge in [-0.2, -0.15) is 0 Å². The first-order valence-corrected chi connectivity index (χ1v) is 9.36. The van der Waals surface area contributed by atoms with E-state index in [0.29, 0.717) is 24.5 Å². The van der Waals surface area contributed by atoms with Crippen molar-refractivity contribution in [2.45, 2.75) is 26.8 Å². The molecule has 25 heavy (non-hydrogen) atoms. The summed E-state index contributed by atoms with van der Waals surface area (Å²) in [7, 11) is 1.88. The van der Waals surface area contributed by atoms with Crippen LogP contribution >= 0.6 is 11.8 Å². The molecule has 1 heterocycles. The van der Waals surface area contributed by atoms with Crippen LogP contribution in [0.25, 0.3) is 0 Å². The smallest absolute Gasteiger partial charge is 0.338 e. The summed E-state index contributed by atoms with van der Waals surface area (Å²) in [6.07, 6.45) is 1.94. The Morgan fingerprint density at radius 2 is 2.08 bits per heavy atom. The molecule has 1 N–H and O–H groups in total. The highest BCUT2D eigenvalue weighted by atomic mass is 32.2. The van der Waals surface area contributed by atoms with Crippen LogP contribution in [0, 0.1) is 0 Å². The second kappa shape index (κ2) is 8.29. The van der Waals surface area contributed by atoms with Gasteiger partial charge in [0.2, 0.25) is 0 Å². The predicted octanol–water partition coefficient (Wildman–Crippen LogP) is 3.33. The van der Waals surface area contributed by atoms with E-state index in [9.17, 15) is 9.90 Å². The Balaban J connectivity index is 2.55. The maximum absolute atomic E-state index is 12.5. The number of carbonyl (C=O) groups is 1. The van der Waals surface area contributed by atoms with Crippen LogP contribution in [0.5, 0.6) is 11.5 Å². The van der Waals surface area contributed by atoms with E-state index in [1.807, 2.05) is 32.1 Å². The minimum Gasteiger partial charge on any atom is -0.504 e. The van der Waals surface area contributed by atoms with Gasteiger partial charge in [0, 0.05) is 12.7 Å². The molecule has 7 heteroatoms. The van der Waals surface area contributed by atoms with E-state index in [4.69, 9.17) is 14.5 Å². The molecule has 0 amide bonds. The second-order valence-corrected chi connectivity index (χ2v) is 6.23. The number of amidine groups is 1. The molecule has 0 spiro atoms. The molecule has 0 fully saturated rings. The summed E-state index contributed by atoms with van der Waals surface area (Å²) in [6.45, 7) is 6.24. The molecule has 0 saturated heterocycles. The van der Waals surface area contributed by atoms with Crippen LogP contribution in [0.4, 0.5) is 0 Å². The number of phenolic OH excluding ortho intramolecular Hbond substituents is 1. The lowest BCUT2D eigenvalue weighted by Gasteiger charge is -2.31. The van der Waals surface area contributed by atoms with Crippen molar-refractivity contribution in [3.63, 3.8) is 0 Å². The normalized spacial score (nSPS) is 17.4. The minimum atomic E-state index is -0.502. The lowest BCUT2D eigenvalue weighted by molar-refractivity contribution is -0.139. The van der Waals surface area contributed by atoms with Crippen LogP contribution in [-0.2, 0) is 9.53 Å². The van der Waals surface area contributed by atoms with Gasteiger partial charge in [0.1, 0.15) is 6.04 Å². The molecule has 0 saturated carbocycles. The summed E-state index contributed by atoms with van der Waals surface area (Å²) in [5.74, 6) is 0.0541. The number of ether oxygens (including phenoxy) is 2. The quantitative estimate of drug-likeness (QED) is 0.808. The number of hydrogen-bond acceptors (Lipinski definition) is 7. The number of phenols is 1.